The molecule has 9 aromatic rings. The Labute approximate surface area is 263 Å². The maximum atomic E-state index is 5.09. The number of aromatic nitrogens is 3. The summed E-state index contributed by atoms with van der Waals surface area (Å²) in [6.45, 7) is 0. The molecule has 0 fully saturated rings. The molecule has 3 nitrogen and oxygen atoms in total. The van der Waals surface area contributed by atoms with Crippen molar-refractivity contribution in [1.29, 1.82) is 0 Å². The highest BCUT2D eigenvalue weighted by atomic mass is 32.1. The van der Waals surface area contributed by atoms with Crippen LogP contribution in [-0.4, -0.2) is 15.0 Å². The van der Waals surface area contributed by atoms with Crippen molar-refractivity contribution in [3.63, 3.8) is 0 Å². The monoisotopic (exact) mass is 589 g/mol. The number of nitrogens with zero attached hydrogens (tertiary/aromatic N) is 3. The second kappa shape index (κ2) is 9.39. The molecule has 0 atom stereocenters. The lowest BCUT2D eigenvalue weighted by atomic mass is 9.98. The van der Waals surface area contributed by atoms with Crippen molar-refractivity contribution in [1.82, 2.24) is 15.0 Å². The standard InChI is InChI=1S/C41H23N3S/c1-2-10-25(11-3-1)39-42-40(27-18-17-24-9-4-5-12-26(24)21-27)44-41(43-39)28-19-20-35-34(22-28)38-32-16-8-15-31-29-13-6-7-14-30(29)33(37(31)32)23-36(38)45-35/h1-23H. The highest BCUT2D eigenvalue weighted by molar-refractivity contribution is 7.26. The molecule has 0 spiro atoms. The second-order valence-electron chi connectivity index (χ2n) is 11.6. The molecule has 4 heteroatoms. The van der Waals surface area contributed by atoms with Gasteiger partial charge >= 0.3 is 0 Å². The predicted molar refractivity (Wildman–Crippen MR) is 188 cm³/mol. The zero-order chi connectivity index (χ0) is 29.5. The van der Waals surface area contributed by atoms with E-state index >= 15 is 0 Å². The van der Waals surface area contributed by atoms with E-state index in [2.05, 4.69) is 121 Å². The molecule has 45 heavy (non-hydrogen) atoms. The van der Waals surface area contributed by atoms with Gasteiger partial charge in [0, 0.05) is 36.9 Å². The fourth-order valence-corrected chi connectivity index (χ4v) is 8.10. The van der Waals surface area contributed by atoms with Crippen LogP contribution in [0.15, 0.2) is 140 Å². The first-order chi connectivity index (χ1) is 22.3. The highest BCUT2D eigenvalue weighted by Crippen LogP contribution is 2.51. The third-order valence-electron chi connectivity index (χ3n) is 9.03. The molecule has 0 saturated heterocycles. The van der Waals surface area contributed by atoms with Gasteiger partial charge in [-0.25, -0.2) is 15.0 Å². The van der Waals surface area contributed by atoms with Gasteiger partial charge in [-0.2, -0.15) is 0 Å². The smallest absolute Gasteiger partial charge is 0.164 e. The number of hydrogen-bond donors (Lipinski definition) is 0. The lowest BCUT2D eigenvalue weighted by Crippen LogP contribution is -2.00. The number of benzene rings is 7. The van der Waals surface area contributed by atoms with Crippen LogP contribution in [-0.2, 0) is 0 Å². The third-order valence-corrected chi connectivity index (χ3v) is 10.2. The third kappa shape index (κ3) is 3.73. The van der Waals surface area contributed by atoms with Gasteiger partial charge in [-0.3, -0.25) is 0 Å². The summed E-state index contributed by atoms with van der Waals surface area (Å²) in [5.74, 6) is 2.01. The Bertz CT molecular complexity index is 2650. The van der Waals surface area contributed by atoms with E-state index in [-0.39, 0.29) is 0 Å². The van der Waals surface area contributed by atoms with E-state index in [0.717, 1.165) is 22.1 Å². The van der Waals surface area contributed by atoms with Gasteiger partial charge in [-0.1, -0.05) is 109 Å². The minimum absolute atomic E-state index is 0.669. The lowest BCUT2D eigenvalue weighted by Gasteiger charge is -2.09. The molecule has 7 aromatic carbocycles. The zero-order valence-corrected chi connectivity index (χ0v) is 24.8. The molecule has 0 amide bonds. The molecular formula is C41H23N3S. The van der Waals surface area contributed by atoms with Crippen LogP contribution in [0.1, 0.15) is 0 Å². The highest BCUT2D eigenvalue weighted by Gasteiger charge is 2.24. The van der Waals surface area contributed by atoms with Gasteiger partial charge < -0.3 is 0 Å². The summed E-state index contributed by atoms with van der Waals surface area (Å²) in [7, 11) is 0. The van der Waals surface area contributed by atoms with Crippen LogP contribution in [0.5, 0.6) is 0 Å². The molecule has 2 heterocycles. The quantitative estimate of drug-likeness (QED) is 0.206. The van der Waals surface area contributed by atoms with E-state index in [9.17, 15) is 0 Å². The van der Waals surface area contributed by atoms with E-state index < -0.39 is 0 Å². The van der Waals surface area contributed by atoms with Crippen LogP contribution >= 0.6 is 11.3 Å². The Kier molecular flexibility index (Phi) is 5.16. The van der Waals surface area contributed by atoms with Crippen LogP contribution in [0.25, 0.3) is 98.1 Å². The Balaban J connectivity index is 1.21. The SMILES string of the molecule is c1ccc(-c2nc(-c3ccc4ccccc4c3)nc(-c3ccc4sc5cc6c7c(cccc7c5c4c3)-c3ccccc3-6)n2)cc1. The molecule has 0 unspecified atom stereocenters. The second-order valence-corrected chi connectivity index (χ2v) is 12.7. The maximum Gasteiger partial charge on any atom is 0.164 e. The number of thiophene rings is 1. The summed E-state index contributed by atoms with van der Waals surface area (Å²) >= 11 is 1.86. The number of rotatable bonds is 3. The topological polar surface area (TPSA) is 38.7 Å². The molecular weight excluding hydrogens is 567 g/mol. The molecule has 208 valence electrons. The van der Waals surface area contributed by atoms with E-state index in [1.54, 1.807) is 0 Å². The molecule has 2 aromatic heterocycles. The average molecular weight is 590 g/mol. The van der Waals surface area contributed by atoms with Crippen LogP contribution < -0.4 is 0 Å². The first kappa shape index (κ1) is 24.7. The average Bonchev–Trinajstić information content (AvgIpc) is 3.64. The summed E-state index contributed by atoms with van der Waals surface area (Å²) in [5.41, 5.74) is 8.22. The molecule has 0 N–H and O–H groups in total. The molecule has 1 aliphatic carbocycles. The summed E-state index contributed by atoms with van der Waals surface area (Å²) in [6, 6.07) is 49.5. The zero-order valence-electron chi connectivity index (χ0n) is 24.0. The van der Waals surface area contributed by atoms with Crippen molar-refractivity contribution in [2.45, 2.75) is 0 Å². The van der Waals surface area contributed by atoms with Crippen molar-refractivity contribution in [2.24, 2.45) is 0 Å². The van der Waals surface area contributed by atoms with Gasteiger partial charge in [-0.05, 0) is 74.1 Å². The van der Waals surface area contributed by atoms with Crippen molar-refractivity contribution in [2.75, 3.05) is 0 Å². The number of hydrogen-bond acceptors (Lipinski definition) is 4. The van der Waals surface area contributed by atoms with Crippen molar-refractivity contribution < 1.29 is 0 Å². The van der Waals surface area contributed by atoms with Crippen LogP contribution in [0, 0.1) is 0 Å². The molecule has 10 rings (SSSR count). The van der Waals surface area contributed by atoms with Gasteiger partial charge in [0.15, 0.2) is 17.5 Å². The Hall–Kier alpha value is -5.71. The Morgan fingerprint density at radius 2 is 1.00 bits per heavy atom. The fraction of sp³-hybridized carbons (Fsp3) is 0. The molecule has 0 saturated carbocycles. The van der Waals surface area contributed by atoms with Gasteiger partial charge in [0.1, 0.15) is 0 Å². The van der Waals surface area contributed by atoms with E-state index in [1.165, 1.54) is 58.6 Å². The van der Waals surface area contributed by atoms with Crippen molar-refractivity contribution >= 4 is 53.1 Å². The molecule has 1 aliphatic rings. The first-order valence-electron chi connectivity index (χ1n) is 15.1. The molecule has 0 bridgehead atoms. The van der Waals surface area contributed by atoms with Crippen LogP contribution in [0.2, 0.25) is 0 Å². The van der Waals surface area contributed by atoms with Gasteiger partial charge in [-0.15, -0.1) is 11.3 Å². The largest absolute Gasteiger partial charge is 0.208 e. The van der Waals surface area contributed by atoms with E-state index in [4.69, 9.17) is 15.0 Å². The minimum Gasteiger partial charge on any atom is -0.208 e. The fourth-order valence-electron chi connectivity index (χ4n) is 6.96. The Morgan fingerprint density at radius 3 is 1.82 bits per heavy atom. The number of fused-ring (bicyclic) bond motifs is 8. The minimum atomic E-state index is 0.669. The molecule has 0 radical (unpaired) electrons. The van der Waals surface area contributed by atoms with Gasteiger partial charge in [0.25, 0.3) is 0 Å². The van der Waals surface area contributed by atoms with Crippen molar-refractivity contribution in [3.05, 3.63) is 140 Å². The summed E-state index contributed by atoms with van der Waals surface area (Å²) in [6.07, 6.45) is 0. The van der Waals surface area contributed by atoms with Crippen LogP contribution in [0.4, 0.5) is 0 Å². The normalized spacial score (nSPS) is 12.0. The maximum absolute atomic E-state index is 5.09. The van der Waals surface area contributed by atoms with E-state index in [0.29, 0.717) is 17.5 Å². The summed E-state index contributed by atoms with van der Waals surface area (Å²) in [4.78, 5) is 15.1. The lowest BCUT2D eigenvalue weighted by molar-refractivity contribution is 1.08. The first-order valence-corrected chi connectivity index (χ1v) is 15.9. The summed E-state index contributed by atoms with van der Waals surface area (Å²) in [5, 5.41) is 7.55. The van der Waals surface area contributed by atoms with Crippen LogP contribution in [0.3, 0.4) is 0 Å². The van der Waals surface area contributed by atoms with E-state index in [1.807, 2.05) is 29.5 Å². The van der Waals surface area contributed by atoms with Gasteiger partial charge in [0.2, 0.25) is 0 Å². The summed E-state index contributed by atoms with van der Waals surface area (Å²) < 4.78 is 2.56. The van der Waals surface area contributed by atoms with Crippen molar-refractivity contribution in [3.8, 4) is 56.4 Å². The Morgan fingerprint density at radius 1 is 0.356 bits per heavy atom. The van der Waals surface area contributed by atoms with Gasteiger partial charge in [0.05, 0.1) is 0 Å². The molecule has 0 aliphatic heterocycles. The predicted octanol–water partition coefficient (Wildman–Crippen LogP) is 11.2.